The van der Waals surface area contributed by atoms with Gasteiger partial charge in [-0.05, 0) is 12.1 Å². The van der Waals surface area contributed by atoms with E-state index in [4.69, 9.17) is 17.3 Å². The molecule has 1 unspecified atom stereocenters. The Morgan fingerprint density at radius 3 is 3.00 bits per heavy atom. The average molecular weight is 212 g/mol. The van der Waals surface area contributed by atoms with Crippen molar-refractivity contribution in [3.63, 3.8) is 0 Å². The van der Waals surface area contributed by atoms with Gasteiger partial charge in [-0.3, -0.25) is 4.40 Å². The van der Waals surface area contributed by atoms with Crippen LogP contribution in [-0.4, -0.2) is 21.0 Å². The predicted octanol–water partition coefficient (Wildman–Crippen LogP) is 0.980. The molecular weight excluding hydrogens is 202 g/mol. The van der Waals surface area contributed by atoms with E-state index in [-0.39, 0.29) is 6.54 Å². The van der Waals surface area contributed by atoms with Crippen molar-refractivity contribution in [2.24, 2.45) is 5.73 Å². The lowest BCUT2D eigenvalue weighted by atomic mass is 10.3. The zero-order valence-corrected chi connectivity index (χ0v) is 8.15. The van der Waals surface area contributed by atoms with Crippen molar-refractivity contribution >= 4 is 17.2 Å². The molecule has 14 heavy (non-hydrogen) atoms. The van der Waals surface area contributed by atoms with Gasteiger partial charge >= 0.3 is 0 Å². The highest BCUT2D eigenvalue weighted by Gasteiger charge is 2.15. The third kappa shape index (κ3) is 1.37. The largest absolute Gasteiger partial charge is 0.385 e. The lowest BCUT2D eigenvalue weighted by Crippen LogP contribution is -2.12. The van der Waals surface area contributed by atoms with Crippen LogP contribution in [0.25, 0.3) is 5.65 Å². The topological polar surface area (TPSA) is 63.5 Å². The zero-order valence-electron chi connectivity index (χ0n) is 7.39. The maximum Gasteiger partial charge on any atom is 0.139 e. The maximum absolute atomic E-state index is 9.53. The minimum atomic E-state index is -0.803. The second kappa shape index (κ2) is 3.57. The molecular formula is C9H10ClN3O. The summed E-state index contributed by atoms with van der Waals surface area (Å²) in [7, 11) is 0. The Labute approximate surface area is 85.9 Å². The van der Waals surface area contributed by atoms with Crippen molar-refractivity contribution in [1.29, 1.82) is 0 Å². The van der Waals surface area contributed by atoms with E-state index in [1.54, 1.807) is 10.6 Å². The first kappa shape index (κ1) is 9.45. The summed E-state index contributed by atoms with van der Waals surface area (Å²) >= 11 is 6.02. The molecule has 0 saturated heterocycles. The number of halogens is 1. The van der Waals surface area contributed by atoms with Gasteiger partial charge in [0, 0.05) is 12.7 Å². The van der Waals surface area contributed by atoms with E-state index >= 15 is 0 Å². The number of imidazole rings is 1. The van der Waals surface area contributed by atoms with Gasteiger partial charge in [0.2, 0.25) is 0 Å². The van der Waals surface area contributed by atoms with Crippen molar-refractivity contribution in [3.05, 3.63) is 35.2 Å². The fraction of sp³-hybridized carbons (Fsp3) is 0.222. The number of aliphatic hydroxyl groups excluding tert-OH is 1. The highest BCUT2D eigenvalue weighted by molar-refractivity contribution is 6.30. The molecule has 1 atom stereocenters. The van der Waals surface area contributed by atoms with E-state index in [0.717, 1.165) is 0 Å². The Balaban J connectivity index is 2.62. The number of hydrogen-bond donors (Lipinski definition) is 2. The van der Waals surface area contributed by atoms with Crippen molar-refractivity contribution in [3.8, 4) is 0 Å². The summed E-state index contributed by atoms with van der Waals surface area (Å²) < 4.78 is 1.70. The van der Waals surface area contributed by atoms with Crippen LogP contribution >= 0.6 is 11.6 Å². The summed E-state index contributed by atoms with van der Waals surface area (Å²) in [5, 5.41) is 9.94. The van der Waals surface area contributed by atoms with Crippen LogP contribution in [0.1, 0.15) is 11.8 Å². The normalized spacial score (nSPS) is 13.4. The van der Waals surface area contributed by atoms with E-state index in [1.165, 1.54) is 0 Å². The molecule has 0 spiro atoms. The quantitative estimate of drug-likeness (QED) is 0.779. The van der Waals surface area contributed by atoms with Crippen LogP contribution in [0.5, 0.6) is 0 Å². The molecule has 2 aromatic rings. The first-order valence-electron chi connectivity index (χ1n) is 4.24. The van der Waals surface area contributed by atoms with Crippen molar-refractivity contribution < 1.29 is 5.11 Å². The molecule has 3 N–H and O–H groups in total. The summed E-state index contributed by atoms with van der Waals surface area (Å²) in [6, 6.07) is 5.52. The highest BCUT2D eigenvalue weighted by Crippen LogP contribution is 2.23. The van der Waals surface area contributed by atoms with Crippen molar-refractivity contribution in [2.75, 3.05) is 6.54 Å². The maximum atomic E-state index is 9.53. The van der Waals surface area contributed by atoms with Gasteiger partial charge in [-0.1, -0.05) is 17.7 Å². The van der Waals surface area contributed by atoms with Gasteiger partial charge in [-0.2, -0.15) is 0 Å². The molecule has 0 radical (unpaired) electrons. The molecule has 0 aromatic carbocycles. The number of aromatic nitrogens is 2. The van der Waals surface area contributed by atoms with Crippen LogP contribution in [0.2, 0.25) is 5.15 Å². The molecule has 4 nitrogen and oxygen atoms in total. The standard InChI is InChI=1S/C9H10ClN3O/c10-9-8(6(14)5-11)12-7-3-1-2-4-13(7)9/h1-4,6,14H,5,11H2. The lowest BCUT2D eigenvalue weighted by molar-refractivity contribution is 0.182. The van der Waals surface area contributed by atoms with Crippen LogP contribution in [0.15, 0.2) is 24.4 Å². The monoisotopic (exact) mass is 211 g/mol. The van der Waals surface area contributed by atoms with Gasteiger partial charge in [-0.25, -0.2) is 4.98 Å². The van der Waals surface area contributed by atoms with Crippen LogP contribution in [0.3, 0.4) is 0 Å². The van der Waals surface area contributed by atoms with Gasteiger partial charge < -0.3 is 10.8 Å². The fourth-order valence-corrected chi connectivity index (χ4v) is 1.62. The highest BCUT2D eigenvalue weighted by atomic mass is 35.5. The molecule has 5 heteroatoms. The number of aliphatic hydroxyl groups is 1. The van der Waals surface area contributed by atoms with Crippen LogP contribution in [0, 0.1) is 0 Å². The number of pyridine rings is 1. The van der Waals surface area contributed by atoms with Crippen LogP contribution < -0.4 is 5.73 Å². The van der Waals surface area contributed by atoms with E-state index in [1.807, 2.05) is 18.2 Å². The summed E-state index contributed by atoms with van der Waals surface area (Å²) in [6.45, 7) is 0.115. The summed E-state index contributed by atoms with van der Waals surface area (Å²) in [5.74, 6) is 0. The third-order valence-corrected chi connectivity index (χ3v) is 2.41. The number of fused-ring (bicyclic) bond motifs is 1. The molecule has 2 aromatic heterocycles. The molecule has 0 aliphatic carbocycles. The average Bonchev–Trinajstić information content (AvgIpc) is 2.56. The Morgan fingerprint density at radius 2 is 2.36 bits per heavy atom. The van der Waals surface area contributed by atoms with E-state index < -0.39 is 6.10 Å². The van der Waals surface area contributed by atoms with Gasteiger partial charge in [0.1, 0.15) is 22.6 Å². The smallest absolute Gasteiger partial charge is 0.139 e. The Bertz CT molecular complexity index is 454. The molecule has 0 aliphatic rings. The lowest BCUT2D eigenvalue weighted by Gasteiger charge is -2.03. The van der Waals surface area contributed by atoms with E-state index in [9.17, 15) is 5.11 Å². The molecule has 0 fully saturated rings. The van der Waals surface area contributed by atoms with Crippen molar-refractivity contribution in [2.45, 2.75) is 6.10 Å². The van der Waals surface area contributed by atoms with Gasteiger partial charge in [0.25, 0.3) is 0 Å². The number of nitrogens with zero attached hydrogens (tertiary/aromatic N) is 2. The Kier molecular flexibility index (Phi) is 2.41. The zero-order chi connectivity index (χ0) is 10.1. The van der Waals surface area contributed by atoms with Gasteiger partial charge in [0.15, 0.2) is 0 Å². The Hall–Kier alpha value is -1.10. The van der Waals surface area contributed by atoms with Gasteiger partial charge in [0.05, 0.1) is 0 Å². The summed E-state index contributed by atoms with van der Waals surface area (Å²) in [4.78, 5) is 4.18. The summed E-state index contributed by atoms with van der Waals surface area (Å²) in [6.07, 6.45) is 0.986. The first-order chi connectivity index (χ1) is 6.74. The second-order valence-corrected chi connectivity index (χ2v) is 3.33. The minimum absolute atomic E-state index is 0.115. The number of nitrogens with two attached hydrogens (primary N) is 1. The van der Waals surface area contributed by atoms with E-state index in [2.05, 4.69) is 4.98 Å². The number of rotatable bonds is 2. The molecule has 0 saturated carbocycles. The van der Waals surface area contributed by atoms with E-state index in [0.29, 0.717) is 16.5 Å². The van der Waals surface area contributed by atoms with Gasteiger partial charge in [-0.15, -0.1) is 0 Å². The minimum Gasteiger partial charge on any atom is -0.385 e. The predicted molar refractivity (Wildman–Crippen MR) is 54.2 cm³/mol. The number of hydrogen-bond acceptors (Lipinski definition) is 3. The SMILES string of the molecule is NCC(O)c1nc2ccccn2c1Cl. The summed E-state index contributed by atoms with van der Waals surface area (Å²) in [5.41, 5.74) is 6.48. The molecule has 0 bridgehead atoms. The molecule has 2 heterocycles. The second-order valence-electron chi connectivity index (χ2n) is 2.97. The molecule has 2 rings (SSSR count). The fourth-order valence-electron chi connectivity index (χ4n) is 1.31. The van der Waals surface area contributed by atoms with Crippen LogP contribution in [0.4, 0.5) is 0 Å². The van der Waals surface area contributed by atoms with Crippen LogP contribution in [-0.2, 0) is 0 Å². The molecule has 0 amide bonds. The first-order valence-corrected chi connectivity index (χ1v) is 4.62. The molecule has 74 valence electrons. The van der Waals surface area contributed by atoms with Crippen molar-refractivity contribution in [1.82, 2.24) is 9.38 Å². The third-order valence-electron chi connectivity index (χ3n) is 2.04. The Morgan fingerprint density at radius 1 is 1.57 bits per heavy atom. The molecule has 0 aliphatic heterocycles.